The van der Waals surface area contributed by atoms with E-state index in [1.165, 1.54) is 12.1 Å². The van der Waals surface area contributed by atoms with E-state index in [0.717, 1.165) is 50.5 Å². The van der Waals surface area contributed by atoms with Crippen LogP contribution in [0.25, 0.3) is 22.3 Å². The fourth-order valence-corrected chi connectivity index (χ4v) is 5.75. The summed E-state index contributed by atoms with van der Waals surface area (Å²) in [7, 11) is 0. The summed E-state index contributed by atoms with van der Waals surface area (Å²) < 4.78 is 0. The quantitative estimate of drug-likeness (QED) is 0.177. The molecule has 5 aromatic carbocycles. The normalized spacial score (nSPS) is 12.9. The van der Waals surface area contributed by atoms with Gasteiger partial charge in [-0.05, 0) is 64.2 Å². The Kier molecular flexibility index (Phi) is 4.93. The van der Waals surface area contributed by atoms with Crippen LogP contribution < -0.4 is 4.90 Å². The molecule has 0 aromatic heterocycles. The van der Waals surface area contributed by atoms with E-state index in [2.05, 4.69) is 29.2 Å². The molecule has 0 spiro atoms. The van der Waals surface area contributed by atoms with Gasteiger partial charge in [-0.3, -0.25) is 20.2 Å². The molecule has 0 saturated heterocycles. The third kappa shape index (κ3) is 3.37. The zero-order valence-electron chi connectivity index (χ0n) is 20.4. The van der Waals surface area contributed by atoms with Gasteiger partial charge in [-0.1, -0.05) is 54.6 Å². The lowest BCUT2D eigenvalue weighted by Crippen LogP contribution is -2.18. The molecule has 0 saturated carbocycles. The summed E-state index contributed by atoms with van der Waals surface area (Å²) in [5.41, 5.74) is 9.36. The monoisotopic (exact) mass is 509 g/mol. The number of para-hydroxylation sites is 3. The maximum atomic E-state index is 11.8. The van der Waals surface area contributed by atoms with Crippen LogP contribution in [0.1, 0.15) is 22.3 Å². The lowest BCUT2D eigenvalue weighted by atomic mass is 9.83. The average molecular weight is 510 g/mol. The Labute approximate surface area is 223 Å². The van der Waals surface area contributed by atoms with E-state index in [-0.39, 0.29) is 11.4 Å². The lowest BCUT2D eigenvalue weighted by Gasteiger charge is -2.35. The molecule has 0 unspecified atom stereocenters. The van der Waals surface area contributed by atoms with Gasteiger partial charge in [0, 0.05) is 46.7 Å². The summed E-state index contributed by atoms with van der Waals surface area (Å²) in [6.45, 7) is 0. The second kappa shape index (κ2) is 8.49. The van der Waals surface area contributed by atoms with Crippen LogP contribution in [-0.2, 0) is 0 Å². The number of nitrogens with zero attached hydrogens (tertiary/aromatic N) is 3. The highest BCUT2D eigenvalue weighted by Crippen LogP contribution is 2.56. The van der Waals surface area contributed by atoms with Crippen molar-refractivity contribution in [3.8, 4) is 11.1 Å². The molecule has 2 aliphatic rings. The van der Waals surface area contributed by atoms with Crippen LogP contribution in [0.4, 0.5) is 28.4 Å². The first-order valence-corrected chi connectivity index (χ1v) is 12.4. The van der Waals surface area contributed by atoms with Crippen LogP contribution in [0.3, 0.4) is 0 Å². The molecule has 39 heavy (non-hydrogen) atoms. The van der Waals surface area contributed by atoms with Gasteiger partial charge < -0.3 is 4.90 Å². The number of benzene rings is 5. The number of hydrogen-bond donors (Lipinski definition) is 0. The van der Waals surface area contributed by atoms with Crippen molar-refractivity contribution in [2.24, 2.45) is 0 Å². The highest BCUT2D eigenvalue weighted by Gasteiger charge is 2.35. The van der Waals surface area contributed by atoms with E-state index in [9.17, 15) is 20.2 Å². The van der Waals surface area contributed by atoms with Gasteiger partial charge in [-0.25, -0.2) is 0 Å². The zero-order valence-corrected chi connectivity index (χ0v) is 20.4. The third-order valence-corrected chi connectivity index (χ3v) is 7.35. The minimum Gasteiger partial charge on any atom is -0.309 e. The maximum Gasteiger partial charge on any atom is 0.270 e. The Hall–Kier alpha value is -5.56. The molecule has 1 aliphatic heterocycles. The third-order valence-electron chi connectivity index (χ3n) is 7.35. The van der Waals surface area contributed by atoms with Crippen molar-refractivity contribution in [2.45, 2.75) is 0 Å². The SMILES string of the molecule is O=[N+]([O-])c1ccc2c(c1)C(=C1c3ccccc3N(c3ccccc3)c3ccccc31)c1cc([N+](=O)[O-])ccc1-2. The number of non-ortho nitro benzene ring substituents is 2. The molecule has 1 heterocycles. The van der Waals surface area contributed by atoms with Crippen LogP contribution in [0.2, 0.25) is 0 Å². The van der Waals surface area contributed by atoms with E-state index in [1.54, 1.807) is 24.3 Å². The van der Waals surface area contributed by atoms with Crippen LogP contribution in [0.5, 0.6) is 0 Å². The predicted molar refractivity (Wildman–Crippen MR) is 151 cm³/mol. The second-order valence-corrected chi connectivity index (χ2v) is 9.43. The molecule has 0 N–H and O–H groups in total. The van der Waals surface area contributed by atoms with Gasteiger partial charge in [0.15, 0.2) is 0 Å². The molecule has 1 aliphatic carbocycles. The van der Waals surface area contributed by atoms with E-state index >= 15 is 0 Å². The lowest BCUT2D eigenvalue weighted by molar-refractivity contribution is -0.385. The fraction of sp³-hybridized carbons (Fsp3) is 0. The average Bonchev–Trinajstić information content (AvgIpc) is 3.28. The summed E-state index contributed by atoms with van der Waals surface area (Å²) in [5.74, 6) is 0. The van der Waals surface area contributed by atoms with Crippen molar-refractivity contribution < 1.29 is 9.85 Å². The summed E-state index contributed by atoms with van der Waals surface area (Å²) >= 11 is 0. The van der Waals surface area contributed by atoms with Crippen LogP contribution >= 0.6 is 0 Å². The molecule has 186 valence electrons. The van der Waals surface area contributed by atoms with Crippen molar-refractivity contribution >= 4 is 39.6 Å². The van der Waals surface area contributed by atoms with E-state index < -0.39 is 9.85 Å². The molecule has 5 aromatic rings. The highest BCUT2D eigenvalue weighted by molar-refractivity contribution is 6.18. The predicted octanol–water partition coefficient (Wildman–Crippen LogP) is 8.27. The molecule has 0 bridgehead atoms. The molecule has 7 rings (SSSR count). The van der Waals surface area contributed by atoms with Crippen LogP contribution in [-0.4, -0.2) is 9.85 Å². The van der Waals surface area contributed by atoms with E-state index in [0.29, 0.717) is 11.1 Å². The van der Waals surface area contributed by atoms with Gasteiger partial charge in [0.1, 0.15) is 0 Å². The first-order valence-electron chi connectivity index (χ1n) is 12.4. The highest BCUT2D eigenvalue weighted by atomic mass is 16.6. The molecule has 0 amide bonds. The van der Waals surface area contributed by atoms with Crippen LogP contribution in [0, 0.1) is 20.2 Å². The largest absolute Gasteiger partial charge is 0.309 e. The first kappa shape index (κ1) is 22.6. The minimum atomic E-state index is -0.409. The smallest absolute Gasteiger partial charge is 0.270 e. The standard InChI is InChI=1S/C32H19N3O4/c36-34(37)21-14-16-23-24-17-15-22(35(38)39)19-28(24)32(27(23)18-21)31-25-10-4-6-12-29(25)33(20-8-2-1-3-9-20)30-13-7-5-11-26(30)31/h1-19H. The van der Waals surface area contributed by atoms with Crippen molar-refractivity contribution in [1.29, 1.82) is 0 Å². The molecule has 7 nitrogen and oxygen atoms in total. The summed E-state index contributed by atoms with van der Waals surface area (Å²) in [6, 6.07) is 35.8. The van der Waals surface area contributed by atoms with Gasteiger partial charge in [0.05, 0.1) is 21.2 Å². The Morgan fingerprint density at radius 2 is 0.897 bits per heavy atom. The Balaban J connectivity index is 1.63. The summed E-state index contributed by atoms with van der Waals surface area (Å²) in [6.07, 6.45) is 0. The van der Waals surface area contributed by atoms with Crippen molar-refractivity contribution in [3.05, 3.63) is 158 Å². The molecule has 0 radical (unpaired) electrons. The topological polar surface area (TPSA) is 89.5 Å². The summed E-state index contributed by atoms with van der Waals surface area (Å²) in [4.78, 5) is 25.0. The minimum absolute atomic E-state index is 0.0301. The molecule has 0 fully saturated rings. The van der Waals surface area contributed by atoms with E-state index in [4.69, 9.17) is 0 Å². The molecule has 7 heteroatoms. The van der Waals surface area contributed by atoms with Crippen molar-refractivity contribution in [3.63, 3.8) is 0 Å². The zero-order chi connectivity index (χ0) is 26.7. The number of anilines is 3. The number of nitro groups is 2. The van der Waals surface area contributed by atoms with Gasteiger partial charge >= 0.3 is 0 Å². The van der Waals surface area contributed by atoms with Gasteiger partial charge in [-0.2, -0.15) is 0 Å². The number of rotatable bonds is 3. The number of nitro benzene ring substituents is 2. The summed E-state index contributed by atoms with van der Waals surface area (Å²) in [5, 5.41) is 23.6. The first-order chi connectivity index (χ1) is 19.0. The van der Waals surface area contributed by atoms with Gasteiger partial charge in [0.25, 0.3) is 11.4 Å². The number of fused-ring (bicyclic) bond motifs is 5. The molecular formula is C32H19N3O4. The Bertz CT molecular complexity index is 1760. The molecule has 0 atom stereocenters. The van der Waals surface area contributed by atoms with Crippen molar-refractivity contribution in [1.82, 2.24) is 0 Å². The number of hydrogen-bond acceptors (Lipinski definition) is 5. The molecular weight excluding hydrogens is 490 g/mol. The van der Waals surface area contributed by atoms with Gasteiger partial charge in [0.2, 0.25) is 0 Å². The Morgan fingerprint density at radius 3 is 1.38 bits per heavy atom. The fourth-order valence-electron chi connectivity index (χ4n) is 5.75. The Morgan fingerprint density at radius 1 is 0.462 bits per heavy atom. The maximum absolute atomic E-state index is 11.8. The second-order valence-electron chi connectivity index (χ2n) is 9.43. The van der Waals surface area contributed by atoms with E-state index in [1.807, 2.05) is 54.6 Å². The van der Waals surface area contributed by atoms with Crippen molar-refractivity contribution in [2.75, 3.05) is 4.90 Å². The van der Waals surface area contributed by atoms with Crippen LogP contribution in [0.15, 0.2) is 115 Å². The van der Waals surface area contributed by atoms with Gasteiger partial charge in [-0.15, -0.1) is 0 Å².